The van der Waals surface area contributed by atoms with Crippen molar-refractivity contribution in [3.05, 3.63) is 34.1 Å². The summed E-state index contributed by atoms with van der Waals surface area (Å²) >= 11 is 5.68. The highest BCUT2D eigenvalue weighted by Crippen LogP contribution is 2.21. The summed E-state index contributed by atoms with van der Waals surface area (Å²) in [6, 6.07) is 4.26. The largest absolute Gasteiger partial charge is 0.326 e. The molecule has 1 aromatic carbocycles. The zero-order valence-corrected chi connectivity index (χ0v) is 6.90. The van der Waals surface area contributed by atoms with Crippen molar-refractivity contribution in [2.45, 2.75) is 6.54 Å². The monoisotopic (exact) mass is 184 g/mol. The van der Waals surface area contributed by atoms with Gasteiger partial charge in [0.25, 0.3) is 0 Å². The van der Waals surface area contributed by atoms with Crippen LogP contribution in [0.4, 0.5) is 4.39 Å². The normalized spacial score (nSPS) is 9.50. The summed E-state index contributed by atoms with van der Waals surface area (Å²) in [5, 5.41) is 8.88. The zero-order valence-electron chi connectivity index (χ0n) is 6.14. The molecule has 2 N–H and O–H groups in total. The molecule has 62 valence electrons. The maximum Gasteiger partial charge on any atom is 0.141 e. The van der Waals surface area contributed by atoms with Gasteiger partial charge in [0.15, 0.2) is 0 Å². The molecule has 0 aliphatic rings. The summed E-state index contributed by atoms with van der Waals surface area (Å²) in [7, 11) is 0. The zero-order chi connectivity index (χ0) is 9.14. The van der Waals surface area contributed by atoms with Crippen molar-refractivity contribution in [3.63, 3.8) is 0 Å². The van der Waals surface area contributed by atoms with E-state index < -0.39 is 5.82 Å². The fraction of sp³-hybridized carbons (Fsp3) is 0.125. The lowest BCUT2D eigenvalue weighted by Gasteiger charge is -2.03. The maximum atomic E-state index is 12.9. The Kier molecular flexibility index (Phi) is 2.64. The molecule has 0 saturated carbocycles. The molecule has 0 spiro atoms. The quantitative estimate of drug-likeness (QED) is 0.724. The van der Waals surface area contributed by atoms with Gasteiger partial charge >= 0.3 is 0 Å². The van der Waals surface area contributed by atoms with Crippen molar-refractivity contribution < 1.29 is 4.39 Å². The van der Waals surface area contributed by atoms with Crippen molar-refractivity contribution in [2.24, 2.45) is 5.73 Å². The predicted octanol–water partition coefficient (Wildman–Crippen LogP) is 1.81. The van der Waals surface area contributed by atoms with Crippen molar-refractivity contribution in [1.82, 2.24) is 0 Å². The van der Waals surface area contributed by atoms with Gasteiger partial charge in [0, 0.05) is 17.1 Å². The Balaban J connectivity index is 3.41. The van der Waals surface area contributed by atoms with E-state index in [1.165, 1.54) is 6.07 Å². The second kappa shape index (κ2) is 3.53. The molecule has 0 radical (unpaired) electrons. The van der Waals surface area contributed by atoms with E-state index in [-0.39, 0.29) is 12.1 Å². The minimum Gasteiger partial charge on any atom is -0.326 e. The van der Waals surface area contributed by atoms with E-state index in [0.29, 0.717) is 10.6 Å². The second-order valence-corrected chi connectivity index (χ2v) is 2.61. The molecule has 12 heavy (non-hydrogen) atoms. The van der Waals surface area contributed by atoms with Crippen LogP contribution in [0.1, 0.15) is 11.1 Å². The number of hydrogen-bond donors (Lipinski definition) is 1. The minimum absolute atomic E-state index is 0.0648. The molecule has 0 atom stereocenters. The van der Waals surface area contributed by atoms with E-state index in [0.717, 1.165) is 6.07 Å². The first-order valence-corrected chi connectivity index (χ1v) is 3.65. The van der Waals surface area contributed by atoms with Crippen LogP contribution in [-0.2, 0) is 6.54 Å². The Labute approximate surface area is 74.4 Å². The van der Waals surface area contributed by atoms with Crippen LogP contribution in [0.2, 0.25) is 5.02 Å². The molecule has 0 saturated heterocycles. The maximum absolute atomic E-state index is 12.9. The highest BCUT2D eigenvalue weighted by atomic mass is 35.5. The summed E-state index contributed by atoms with van der Waals surface area (Å²) < 4.78 is 12.9. The number of rotatable bonds is 1. The van der Waals surface area contributed by atoms with Gasteiger partial charge < -0.3 is 5.73 Å². The number of hydrogen-bond acceptors (Lipinski definition) is 2. The highest BCUT2D eigenvalue weighted by Gasteiger charge is 2.09. The van der Waals surface area contributed by atoms with Crippen LogP contribution >= 0.6 is 11.6 Å². The molecule has 0 aliphatic carbocycles. The topological polar surface area (TPSA) is 49.8 Å². The van der Waals surface area contributed by atoms with Gasteiger partial charge in [-0.25, -0.2) is 4.39 Å². The average molecular weight is 185 g/mol. The van der Waals surface area contributed by atoms with Crippen molar-refractivity contribution >= 4 is 11.6 Å². The van der Waals surface area contributed by atoms with E-state index >= 15 is 0 Å². The van der Waals surface area contributed by atoms with Crippen LogP contribution in [-0.4, -0.2) is 0 Å². The van der Waals surface area contributed by atoms with Crippen molar-refractivity contribution in [3.8, 4) is 6.07 Å². The average Bonchev–Trinajstić information content (AvgIpc) is 2.08. The first kappa shape index (κ1) is 8.98. The Morgan fingerprint density at radius 1 is 1.58 bits per heavy atom. The van der Waals surface area contributed by atoms with Crippen LogP contribution < -0.4 is 5.73 Å². The SMILES string of the molecule is N#Cc1c(F)ccc(Cl)c1CN. The van der Waals surface area contributed by atoms with Crippen LogP contribution in [0.5, 0.6) is 0 Å². The fourth-order valence-corrected chi connectivity index (χ4v) is 1.15. The van der Waals surface area contributed by atoms with E-state index in [9.17, 15) is 4.39 Å². The number of benzene rings is 1. The van der Waals surface area contributed by atoms with Crippen LogP contribution in [0.15, 0.2) is 12.1 Å². The molecule has 4 heteroatoms. The summed E-state index contributed by atoms with van der Waals surface area (Å²) in [5.74, 6) is -0.581. The molecule has 0 heterocycles. The molecule has 0 unspecified atom stereocenters. The van der Waals surface area contributed by atoms with Gasteiger partial charge in [-0.2, -0.15) is 5.26 Å². The number of nitrogens with two attached hydrogens (primary N) is 1. The van der Waals surface area contributed by atoms with Crippen LogP contribution in [0, 0.1) is 17.1 Å². The Morgan fingerprint density at radius 3 is 2.67 bits per heavy atom. The van der Waals surface area contributed by atoms with Crippen LogP contribution in [0.3, 0.4) is 0 Å². The number of nitriles is 1. The molecular weight excluding hydrogens is 179 g/mol. The van der Waals surface area contributed by atoms with E-state index in [2.05, 4.69) is 0 Å². The van der Waals surface area contributed by atoms with E-state index in [1.54, 1.807) is 6.07 Å². The number of halogens is 2. The fourth-order valence-electron chi connectivity index (χ4n) is 0.914. The number of nitrogens with zero attached hydrogens (tertiary/aromatic N) is 1. The Morgan fingerprint density at radius 2 is 2.25 bits per heavy atom. The smallest absolute Gasteiger partial charge is 0.141 e. The molecule has 2 nitrogen and oxygen atoms in total. The first-order valence-electron chi connectivity index (χ1n) is 3.27. The molecule has 0 amide bonds. The Hall–Kier alpha value is -1.11. The van der Waals surface area contributed by atoms with Crippen molar-refractivity contribution in [1.29, 1.82) is 5.26 Å². The summed E-state index contributed by atoms with van der Waals surface area (Å²) in [6.45, 7) is 0.0689. The molecular formula is C8H6ClFN2. The van der Waals surface area contributed by atoms with E-state index in [1.807, 2.05) is 0 Å². The first-order chi connectivity index (χ1) is 5.70. The van der Waals surface area contributed by atoms with Gasteiger partial charge in [0.05, 0.1) is 5.56 Å². The van der Waals surface area contributed by atoms with Gasteiger partial charge in [-0.05, 0) is 12.1 Å². The molecule has 1 rings (SSSR count). The van der Waals surface area contributed by atoms with Gasteiger partial charge in [-0.15, -0.1) is 0 Å². The van der Waals surface area contributed by atoms with Gasteiger partial charge in [0.1, 0.15) is 11.9 Å². The second-order valence-electron chi connectivity index (χ2n) is 2.20. The summed E-state index contributed by atoms with van der Waals surface area (Å²) in [5.41, 5.74) is 5.59. The predicted molar refractivity (Wildman–Crippen MR) is 44.0 cm³/mol. The lowest BCUT2D eigenvalue weighted by atomic mass is 10.1. The standard InChI is InChI=1S/C8H6ClFN2/c9-7-1-2-8(10)6(4-12)5(7)3-11/h1-2H,3,11H2. The third-order valence-electron chi connectivity index (χ3n) is 1.52. The van der Waals surface area contributed by atoms with E-state index in [4.69, 9.17) is 22.6 Å². The Bertz CT molecular complexity index is 344. The minimum atomic E-state index is -0.581. The highest BCUT2D eigenvalue weighted by molar-refractivity contribution is 6.31. The molecule has 0 fully saturated rings. The third kappa shape index (κ3) is 1.40. The lowest BCUT2D eigenvalue weighted by molar-refractivity contribution is 0.621. The summed E-state index contributed by atoms with van der Waals surface area (Å²) in [4.78, 5) is 0. The molecule has 0 bridgehead atoms. The van der Waals surface area contributed by atoms with Crippen LogP contribution in [0.25, 0.3) is 0 Å². The van der Waals surface area contributed by atoms with Crippen molar-refractivity contribution in [2.75, 3.05) is 0 Å². The third-order valence-corrected chi connectivity index (χ3v) is 1.87. The lowest BCUT2D eigenvalue weighted by Crippen LogP contribution is -2.02. The van der Waals surface area contributed by atoms with Gasteiger partial charge in [-0.3, -0.25) is 0 Å². The van der Waals surface area contributed by atoms with Gasteiger partial charge in [0.2, 0.25) is 0 Å². The van der Waals surface area contributed by atoms with Gasteiger partial charge in [-0.1, -0.05) is 11.6 Å². The molecule has 0 aromatic heterocycles. The molecule has 0 aliphatic heterocycles. The molecule has 1 aromatic rings. The summed E-state index contributed by atoms with van der Waals surface area (Å²) in [6.07, 6.45) is 0.